The molecule has 0 bridgehead atoms. The molecule has 1 unspecified atom stereocenters. The quantitative estimate of drug-likeness (QED) is 0.778. The summed E-state index contributed by atoms with van der Waals surface area (Å²) < 4.78 is 0. The van der Waals surface area contributed by atoms with Gasteiger partial charge in [-0.3, -0.25) is 4.79 Å². The molecule has 98 valence electrons. The topological polar surface area (TPSA) is 59.4 Å². The maximum atomic E-state index is 12.2. The van der Waals surface area contributed by atoms with Gasteiger partial charge in [0.25, 0.3) is 0 Å². The standard InChI is InChI=1S/C14H16N4O/c15-7-11-2-1-3-12(6-11)17-9-13-8-16-4-5-18(13)14(19)10-17/h1-3,6,13,16H,4-5,8-10H2. The number of piperazine rings is 2. The Morgan fingerprint density at radius 2 is 2.32 bits per heavy atom. The Labute approximate surface area is 112 Å². The maximum absolute atomic E-state index is 12.2. The molecule has 1 N–H and O–H groups in total. The number of anilines is 1. The molecule has 1 aromatic rings. The molecule has 0 aliphatic carbocycles. The minimum atomic E-state index is 0.181. The number of rotatable bonds is 1. The van der Waals surface area contributed by atoms with Crippen molar-refractivity contribution < 1.29 is 4.79 Å². The minimum absolute atomic E-state index is 0.181. The second kappa shape index (κ2) is 4.90. The molecule has 3 rings (SSSR count). The van der Waals surface area contributed by atoms with Crippen molar-refractivity contribution in [3.63, 3.8) is 0 Å². The Morgan fingerprint density at radius 3 is 3.16 bits per heavy atom. The largest absolute Gasteiger partial charge is 0.360 e. The van der Waals surface area contributed by atoms with Gasteiger partial charge in [-0.05, 0) is 18.2 Å². The van der Waals surface area contributed by atoms with E-state index >= 15 is 0 Å². The van der Waals surface area contributed by atoms with Crippen LogP contribution in [0.3, 0.4) is 0 Å². The summed E-state index contributed by atoms with van der Waals surface area (Å²) in [5.41, 5.74) is 1.59. The van der Waals surface area contributed by atoms with Crippen LogP contribution in [-0.4, -0.2) is 49.6 Å². The van der Waals surface area contributed by atoms with E-state index in [1.807, 2.05) is 23.1 Å². The summed E-state index contributed by atoms with van der Waals surface area (Å²) in [6, 6.07) is 9.83. The number of amides is 1. The first-order valence-corrected chi connectivity index (χ1v) is 6.53. The highest BCUT2D eigenvalue weighted by Gasteiger charge is 2.33. The molecule has 0 saturated carbocycles. The van der Waals surface area contributed by atoms with Crippen molar-refractivity contribution in [1.82, 2.24) is 10.2 Å². The fourth-order valence-electron chi connectivity index (χ4n) is 2.79. The molecule has 2 fully saturated rings. The zero-order valence-corrected chi connectivity index (χ0v) is 10.7. The first-order chi connectivity index (χ1) is 9.28. The van der Waals surface area contributed by atoms with E-state index in [0.29, 0.717) is 12.1 Å². The number of nitriles is 1. The first-order valence-electron chi connectivity index (χ1n) is 6.53. The number of nitrogens with zero attached hydrogens (tertiary/aromatic N) is 3. The number of carbonyl (C=O) groups excluding carboxylic acids is 1. The lowest BCUT2D eigenvalue weighted by atomic mass is 10.1. The summed E-state index contributed by atoms with van der Waals surface area (Å²) >= 11 is 0. The first kappa shape index (κ1) is 12.0. The van der Waals surface area contributed by atoms with Crippen molar-refractivity contribution in [2.75, 3.05) is 37.6 Å². The van der Waals surface area contributed by atoms with Gasteiger partial charge < -0.3 is 15.1 Å². The van der Waals surface area contributed by atoms with Gasteiger partial charge in [0.1, 0.15) is 0 Å². The molecule has 0 spiro atoms. The van der Waals surface area contributed by atoms with Gasteiger partial charge in [-0.2, -0.15) is 5.26 Å². The summed E-state index contributed by atoms with van der Waals surface area (Å²) in [6.45, 7) is 3.76. The highest BCUT2D eigenvalue weighted by molar-refractivity contribution is 5.83. The smallest absolute Gasteiger partial charge is 0.242 e. The molecule has 1 atom stereocenters. The number of nitrogens with one attached hydrogen (secondary N) is 1. The molecule has 2 aliphatic rings. The average molecular weight is 256 g/mol. The fraction of sp³-hybridized carbons (Fsp3) is 0.429. The summed E-state index contributed by atoms with van der Waals surface area (Å²) in [7, 11) is 0. The Bertz CT molecular complexity index is 536. The summed E-state index contributed by atoms with van der Waals surface area (Å²) in [4.78, 5) is 16.2. The van der Waals surface area contributed by atoms with Gasteiger partial charge in [0.2, 0.25) is 5.91 Å². The maximum Gasteiger partial charge on any atom is 0.242 e. The Hall–Kier alpha value is -2.06. The zero-order chi connectivity index (χ0) is 13.2. The number of fused-ring (bicyclic) bond motifs is 1. The molecular weight excluding hydrogens is 240 g/mol. The molecule has 2 heterocycles. The fourth-order valence-corrected chi connectivity index (χ4v) is 2.79. The van der Waals surface area contributed by atoms with Gasteiger partial charge in [-0.25, -0.2) is 0 Å². The van der Waals surface area contributed by atoms with Crippen molar-refractivity contribution >= 4 is 11.6 Å². The lowest BCUT2D eigenvalue weighted by Gasteiger charge is -2.44. The molecule has 1 amide bonds. The predicted molar refractivity (Wildman–Crippen MR) is 71.7 cm³/mol. The van der Waals surface area contributed by atoms with E-state index in [1.165, 1.54) is 0 Å². The summed E-state index contributed by atoms with van der Waals surface area (Å²) in [6.07, 6.45) is 0. The van der Waals surface area contributed by atoms with Crippen molar-refractivity contribution in [1.29, 1.82) is 5.26 Å². The zero-order valence-electron chi connectivity index (χ0n) is 10.7. The van der Waals surface area contributed by atoms with Gasteiger partial charge in [0.15, 0.2) is 0 Å². The van der Waals surface area contributed by atoms with Crippen LogP contribution in [0.4, 0.5) is 5.69 Å². The van der Waals surface area contributed by atoms with Crippen LogP contribution in [0.25, 0.3) is 0 Å². The number of carbonyl (C=O) groups is 1. The van der Waals surface area contributed by atoms with Gasteiger partial charge in [-0.1, -0.05) is 6.07 Å². The highest BCUT2D eigenvalue weighted by atomic mass is 16.2. The Balaban J connectivity index is 1.82. The van der Waals surface area contributed by atoms with E-state index in [2.05, 4.69) is 16.3 Å². The molecule has 5 heteroatoms. The van der Waals surface area contributed by atoms with Crippen LogP contribution in [-0.2, 0) is 4.79 Å². The van der Waals surface area contributed by atoms with Crippen molar-refractivity contribution in [2.45, 2.75) is 6.04 Å². The van der Waals surface area contributed by atoms with Crippen LogP contribution in [0.15, 0.2) is 24.3 Å². The molecule has 2 aliphatic heterocycles. The second-order valence-electron chi connectivity index (χ2n) is 4.99. The van der Waals surface area contributed by atoms with Crippen LogP contribution < -0.4 is 10.2 Å². The summed E-state index contributed by atoms with van der Waals surface area (Å²) in [5, 5.41) is 12.3. The third-order valence-corrected chi connectivity index (χ3v) is 3.77. The molecular formula is C14H16N4O. The normalized spacial score (nSPS) is 22.9. The second-order valence-corrected chi connectivity index (χ2v) is 4.99. The van der Waals surface area contributed by atoms with Crippen LogP contribution in [0, 0.1) is 11.3 Å². The monoisotopic (exact) mass is 256 g/mol. The molecule has 1 aromatic carbocycles. The van der Waals surface area contributed by atoms with Crippen molar-refractivity contribution in [3.8, 4) is 6.07 Å². The van der Waals surface area contributed by atoms with E-state index in [-0.39, 0.29) is 11.9 Å². The summed E-state index contributed by atoms with van der Waals surface area (Å²) in [5.74, 6) is 0.181. The van der Waals surface area contributed by atoms with Crippen LogP contribution in [0.1, 0.15) is 5.56 Å². The molecule has 19 heavy (non-hydrogen) atoms. The number of hydrogen-bond donors (Lipinski definition) is 1. The van der Waals surface area contributed by atoms with Crippen molar-refractivity contribution in [2.24, 2.45) is 0 Å². The molecule has 2 saturated heterocycles. The van der Waals surface area contributed by atoms with Gasteiger partial charge >= 0.3 is 0 Å². The van der Waals surface area contributed by atoms with Gasteiger partial charge in [0, 0.05) is 31.9 Å². The van der Waals surface area contributed by atoms with Crippen LogP contribution in [0.5, 0.6) is 0 Å². The SMILES string of the molecule is N#Cc1cccc(N2CC(=O)N3CCNCC3C2)c1. The van der Waals surface area contributed by atoms with Crippen molar-refractivity contribution in [3.05, 3.63) is 29.8 Å². The van der Waals surface area contributed by atoms with Crippen LogP contribution in [0.2, 0.25) is 0 Å². The Morgan fingerprint density at radius 1 is 1.42 bits per heavy atom. The lowest BCUT2D eigenvalue weighted by Crippen LogP contribution is -2.63. The third kappa shape index (κ3) is 2.27. The predicted octanol–water partition coefficient (Wildman–Crippen LogP) is 0.179. The number of benzene rings is 1. The molecule has 0 aromatic heterocycles. The van der Waals surface area contributed by atoms with E-state index in [1.54, 1.807) is 6.07 Å². The van der Waals surface area contributed by atoms with E-state index in [0.717, 1.165) is 31.9 Å². The molecule has 5 nitrogen and oxygen atoms in total. The average Bonchev–Trinajstić information content (AvgIpc) is 2.47. The highest BCUT2D eigenvalue weighted by Crippen LogP contribution is 2.21. The number of hydrogen-bond acceptors (Lipinski definition) is 4. The van der Waals surface area contributed by atoms with Gasteiger partial charge in [0.05, 0.1) is 24.2 Å². The van der Waals surface area contributed by atoms with Gasteiger partial charge in [-0.15, -0.1) is 0 Å². The lowest BCUT2D eigenvalue weighted by molar-refractivity contribution is -0.134. The third-order valence-electron chi connectivity index (χ3n) is 3.77. The molecule has 0 radical (unpaired) electrons. The van der Waals surface area contributed by atoms with E-state index < -0.39 is 0 Å². The van der Waals surface area contributed by atoms with E-state index in [9.17, 15) is 4.79 Å². The Kier molecular flexibility index (Phi) is 3.10. The van der Waals surface area contributed by atoms with E-state index in [4.69, 9.17) is 5.26 Å². The van der Waals surface area contributed by atoms with Crippen LogP contribution >= 0.6 is 0 Å². The minimum Gasteiger partial charge on any atom is -0.360 e.